The summed E-state index contributed by atoms with van der Waals surface area (Å²) in [6.45, 7) is 1.40. The molecule has 1 N–H and O–H groups in total. The Hall–Kier alpha value is -3.92. The number of nitrogens with one attached hydrogen (secondary N) is 1. The standard InChI is InChI=1S/C22H23N3O7/c1-30-19-13-16(18(25(28)29)14-20(19)31-2)12-17(22(27)24-8-10-32-11-9-24)23-21(26)15-6-4-3-5-7-15/h3-7,12-14H,8-11H2,1-2H3,(H,23,26). The molecule has 0 unspecified atom stereocenters. The van der Waals surface area contributed by atoms with Gasteiger partial charge in [0.05, 0.1) is 44.0 Å². The smallest absolute Gasteiger partial charge is 0.280 e. The van der Waals surface area contributed by atoms with Crippen LogP contribution in [0.25, 0.3) is 6.08 Å². The average molecular weight is 441 g/mol. The van der Waals surface area contributed by atoms with Crippen molar-refractivity contribution in [3.05, 3.63) is 69.4 Å². The minimum Gasteiger partial charge on any atom is -0.493 e. The highest BCUT2D eigenvalue weighted by Crippen LogP contribution is 2.35. The molecular formula is C22H23N3O7. The quantitative estimate of drug-likeness (QED) is 0.397. The van der Waals surface area contributed by atoms with Crippen molar-refractivity contribution in [3.8, 4) is 11.5 Å². The highest BCUT2D eigenvalue weighted by Gasteiger charge is 2.25. The summed E-state index contributed by atoms with van der Waals surface area (Å²) >= 11 is 0. The van der Waals surface area contributed by atoms with Crippen molar-refractivity contribution < 1.29 is 28.7 Å². The molecule has 32 heavy (non-hydrogen) atoms. The lowest BCUT2D eigenvalue weighted by Gasteiger charge is -2.27. The first-order valence-electron chi connectivity index (χ1n) is 9.80. The summed E-state index contributed by atoms with van der Waals surface area (Å²) in [7, 11) is 2.76. The summed E-state index contributed by atoms with van der Waals surface area (Å²) in [4.78, 5) is 38.5. The van der Waals surface area contributed by atoms with Gasteiger partial charge in [-0.1, -0.05) is 18.2 Å². The molecule has 1 fully saturated rings. The minimum absolute atomic E-state index is 0.0811. The Kier molecular flexibility index (Phi) is 7.40. The highest BCUT2D eigenvalue weighted by molar-refractivity contribution is 6.05. The highest BCUT2D eigenvalue weighted by atomic mass is 16.6. The van der Waals surface area contributed by atoms with Crippen molar-refractivity contribution in [2.45, 2.75) is 0 Å². The monoisotopic (exact) mass is 441 g/mol. The molecule has 0 spiro atoms. The number of methoxy groups -OCH3 is 2. The molecule has 10 nitrogen and oxygen atoms in total. The van der Waals surface area contributed by atoms with Crippen LogP contribution in [0.1, 0.15) is 15.9 Å². The van der Waals surface area contributed by atoms with Crippen LogP contribution in [-0.2, 0) is 9.53 Å². The maximum absolute atomic E-state index is 13.2. The van der Waals surface area contributed by atoms with Crippen LogP contribution in [0.5, 0.6) is 11.5 Å². The fourth-order valence-corrected chi connectivity index (χ4v) is 3.19. The SMILES string of the molecule is COc1cc(C=C(NC(=O)c2ccccc2)C(=O)N2CCOCC2)c([N+](=O)[O-])cc1OC. The summed E-state index contributed by atoms with van der Waals surface area (Å²) in [5.74, 6) is -0.564. The van der Waals surface area contributed by atoms with Crippen molar-refractivity contribution in [1.82, 2.24) is 10.2 Å². The van der Waals surface area contributed by atoms with Gasteiger partial charge in [0.25, 0.3) is 17.5 Å². The number of hydrogen-bond acceptors (Lipinski definition) is 7. The van der Waals surface area contributed by atoms with Crippen LogP contribution >= 0.6 is 0 Å². The van der Waals surface area contributed by atoms with E-state index in [9.17, 15) is 19.7 Å². The van der Waals surface area contributed by atoms with Gasteiger partial charge in [0.15, 0.2) is 11.5 Å². The molecule has 1 heterocycles. The number of morpholine rings is 1. The number of amides is 2. The van der Waals surface area contributed by atoms with Gasteiger partial charge >= 0.3 is 0 Å². The average Bonchev–Trinajstić information content (AvgIpc) is 2.83. The first-order chi connectivity index (χ1) is 15.4. The first-order valence-corrected chi connectivity index (χ1v) is 9.80. The maximum Gasteiger partial charge on any atom is 0.280 e. The summed E-state index contributed by atoms with van der Waals surface area (Å²) in [5, 5.41) is 14.3. The third-order valence-electron chi connectivity index (χ3n) is 4.84. The van der Waals surface area contributed by atoms with Crippen LogP contribution in [0.3, 0.4) is 0 Å². The van der Waals surface area contributed by atoms with Gasteiger partial charge in [-0.05, 0) is 24.3 Å². The van der Waals surface area contributed by atoms with E-state index in [0.717, 1.165) is 0 Å². The molecule has 3 rings (SSSR count). The largest absolute Gasteiger partial charge is 0.493 e. The van der Waals surface area contributed by atoms with E-state index in [-0.39, 0.29) is 28.4 Å². The zero-order valence-electron chi connectivity index (χ0n) is 17.7. The normalized spacial score (nSPS) is 13.9. The van der Waals surface area contributed by atoms with E-state index in [0.29, 0.717) is 31.9 Å². The Balaban J connectivity index is 2.06. The van der Waals surface area contributed by atoms with E-state index in [1.807, 2.05) is 0 Å². The van der Waals surface area contributed by atoms with E-state index in [2.05, 4.69) is 5.32 Å². The lowest BCUT2D eigenvalue weighted by atomic mass is 10.1. The van der Waals surface area contributed by atoms with Crippen molar-refractivity contribution >= 4 is 23.6 Å². The molecule has 0 radical (unpaired) electrons. The molecule has 0 aromatic heterocycles. The topological polar surface area (TPSA) is 120 Å². The molecule has 2 amide bonds. The summed E-state index contributed by atoms with van der Waals surface area (Å²) < 4.78 is 15.7. The van der Waals surface area contributed by atoms with Gasteiger partial charge in [0.1, 0.15) is 5.70 Å². The second kappa shape index (κ2) is 10.4. The zero-order chi connectivity index (χ0) is 23.1. The number of carbonyl (C=O) groups excluding carboxylic acids is 2. The van der Waals surface area contributed by atoms with E-state index >= 15 is 0 Å². The van der Waals surface area contributed by atoms with Crippen molar-refractivity contribution in [2.75, 3.05) is 40.5 Å². The second-order valence-electron chi connectivity index (χ2n) is 6.81. The molecule has 10 heteroatoms. The number of ether oxygens (including phenoxy) is 3. The second-order valence-corrected chi connectivity index (χ2v) is 6.81. The van der Waals surface area contributed by atoms with Gasteiger partial charge in [0.2, 0.25) is 0 Å². The molecule has 1 aliphatic rings. The predicted octanol–water partition coefficient (Wildman–Crippen LogP) is 2.24. The third kappa shape index (κ3) is 5.22. The Morgan fingerprint density at radius 2 is 1.72 bits per heavy atom. The molecule has 1 aliphatic heterocycles. The Bertz CT molecular complexity index is 1030. The zero-order valence-corrected chi connectivity index (χ0v) is 17.7. The van der Waals surface area contributed by atoms with Crippen LogP contribution in [0, 0.1) is 10.1 Å². The lowest BCUT2D eigenvalue weighted by Crippen LogP contribution is -2.44. The van der Waals surface area contributed by atoms with Gasteiger partial charge < -0.3 is 24.4 Å². The van der Waals surface area contributed by atoms with Crippen molar-refractivity contribution in [1.29, 1.82) is 0 Å². The third-order valence-corrected chi connectivity index (χ3v) is 4.84. The van der Waals surface area contributed by atoms with E-state index in [4.69, 9.17) is 14.2 Å². The van der Waals surface area contributed by atoms with Crippen LogP contribution < -0.4 is 14.8 Å². The number of carbonyl (C=O) groups is 2. The summed E-state index contributed by atoms with van der Waals surface area (Å²) in [5.41, 5.74) is 0.0209. The molecule has 0 aliphatic carbocycles. The number of nitro groups is 1. The Morgan fingerprint density at radius 1 is 1.09 bits per heavy atom. The molecule has 0 saturated carbocycles. The van der Waals surface area contributed by atoms with Crippen molar-refractivity contribution in [3.63, 3.8) is 0 Å². The number of benzene rings is 2. The van der Waals surface area contributed by atoms with Crippen LogP contribution in [0.15, 0.2) is 48.2 Å². The van der Waals surface area contributed by atoms with Crippen LogP contribution in [-0.4, -0.2) is 62.2 Å². The number of rotatable bonds is 7. The fraction of sp³-hybridized carbons (Fsp3) is 0.273. The predicted molar refractivity (Wildman–Crippen MR) is 115 cm³/mol. The number of hydrogen-bond donors (Lipinski definition) is 1. The molecular weight excluding hydrogens is 418 g/mol. The van der Waals surface area contributed by atoms with Crippen molar-refractivity contribution in [2.24, 2.45) is 0 Å². The molecule has 1 saturated heterocycles. The van der Waals surface area contributed by atoms with Gasteiger partial charge in [-0.2, -0.15) is 0 Å². The molecule has 0 atom stereocenters. The Labute approximate surface area is 184 Å². The molecule has 2 aromatic rings. The van der Waals surface area contributed by atoms with Crippen LogP contribution in [0.2, 0.25) is 0 Å². The van der Waals surface area contributed by atoms with E-state index in [1.54, 1.807) is 30.3 Å². The van der Waals surface area contributed by atoms with Gasteiger partial charge in [-0.15, -0.1) is 0 Å². The summed E-state index contributed by atoms with van der Waals surface area (Å²) in [6.07, 6.45) is 1.28. The Morgan fingerprint density at radius 3 is 2.31 bits per heavy atom. The molecule has 168 valence electrons. The molecule has 0 bridgehead atoms. The van der Waals surface area contributed by atoms with Gasteiger partial charge in [-0.3, -0.25) is 19.7 Å². The number of nitrogens with zero attached hydrogens (tertiary/aromatic N) is 2. The van der Waals surface area contributed by atoms with E-state index < -0.39 is 16.7 Å². The maximum atomic E-state index is 13.2. The number of nitro benzene ring substituents is 1. The van der Waals surface area contributed by atoms with Crippen LogP contribution in [0.4, 0.5) is 5.69 Å². The van der Waals surface area contributed by atoms with E-state index in [1.165, 1.54) is 37.3 Å². The van der Waals surface area contributed by atoms with Gasteiger partial charge in [0, 0.05) is 18.7 Å². The lowest BCUT2D eigenvalue weighted by molar-refractivity contribution is -0.385. The fourth-order valence-electron chi connectivity index (χ4n) is 3.19. The molecule has 2 aromatic carbocycles. The first kappa shape index (κ1) is 22.8. The summed E-state index contributed by atoms with van der Waals surface area (Å²) in [6, 6.07) is 11.0. The van der Waals surface area contributed by atoms with Gasteiger partial charge in [-0.25, -0.2) is 0 Å². The minimum atomic E-state index is -0.594.